The van der Waals surface area contributed by atoms with E-state index in [1.165, 1.54) is 12.1 Å². The first-order valence-electron chi connectivity index (χ1n) is 5.00. The lowest BCUT2D eigenvalue weighted by atomic mass is 10.3. The van der Waals surface area contributed by atoms with Gasteiger partial charge in [0.25, 0.3) is 5.17 Å². The van der Waals surface area contributed by atoms with Gasteiger partial charge in [-0.1, -0.05) is 6.92 Å². The summed E-state index contributed by atoms with van der Waals surface area (Å²) < 4.78 is 27.2. The van der Waals surface area contributed by atoms with E-state index in [9.17, 15) is 8.42 Å². The number of primary sulfonamides is 1. The number of hydrogen-bond acceptors (Lipinski definition) is 4. The summed E-state index contributed by atoms with van der Waals surface area (Å²) >= 11 is 4.93. The zero-order valence-corrected chi connectivity index (χ0v) is 11.0. The molecule has 0 heterocycles. The summed E-state index contributed by atoms with van der Waals surface area (Å²) in [4.78, 5) is 0.0587. The van der Waals surface area contributed by atoms with Crippen molar-refractivity contribution in [3.05, 3.63) is 24.3 Å². The highest BCUT2D eigenvalue weighted by Crippen LogP contribution is 2.12. The van der Waals surface area contributed by atoms with Crippen molar-refractivity contribution < 1.29 is 13.2 Å². The number of ether oxygens (including phenoxy) is 1. The molecule has 0 aromatic heterocycles. The maximum atomic E-state index is 11.0. The van der Waals surface area contributed by atoms with E-state index < -0.39 is 10.0 Å². The molecule has 0 saturated carbocycles. The lowest BCUT2D eigenvalue weighted by Gasteiger charge is -2.09. The van der Waals surface area contributed by atoms with Crippen molar-refractivity contribution in [1.29, 1.82) is 0 Å². The predicted octanol–water partition coefficient (Wildman–Crippen LogP) is 1.46. The van der Waals surface area contributed by atoms with Gasteiger partial charge >= 0.3 is 0 Å². The first kappa shape index (κ1) is 13.9. The van der Waals surface area contributed by atoms with Gasteiger partial charge in [-0.25, -0.2) is 13.6 Å². The predicted molar refractivity (Wildman–Crippen MR) is 70.3 cm³/mol. The van der Waals surface area contributed by atoms with Crippen LogP contribution in [0.4, 0.5) is 5.69 Å². The van der Waals surface area contributed by atoms with Gasteiger partial charge in [0.2, 0.25) is 10.0 Å². The van der Waals surface area contributed by atoms with E-state index in [-0.39, 0.29) is 10.1 Å². The van der Waals surface area contributed by atoms with Gasteiger partial charge in [-0.2, -0.15) is 0 Å². The summed E-state index contributed by atoms with van der Waals surface area (Å²) in [6.07, 6.45) is 0.867. The second-order valence-corrected chi connectivity index (χ2v) is 5.26. The van der Waals surface area contributed by atoms with Gasteiger partial charge in [-0.05, 0) is 42.9 Å². The van der Waals surface area contributed by atoms with E-state index in [4.69, 9.17) is 22.1 Å². The van der Waals surface area contributed by atoms with Crippen LogP contribution in [0.1, 0.15) is 13.3 Å². The normalized spacial score (nSPS) is 10.9. The molecule has 0 fully saturated rings. The molecule has 1 aromatic rings. The van der Waals surface area contributed by atoms with Crippen molar-refractivity contribution in [3.63, 3.8) is 0 Å². The van der Waals surface area contributed by atoms with Gasteiger partial charge in [0.1, 0.15) is 0 Å². The highest BCUT2D eigenvalue weighted by Gasteiger charge is 2.07. The van der Waals surface area contributed by atoms with Crippen LogP contribution in [-0.4, -0.2) is 20.2 Å². The first-order valence-corrected chi connectivity index (χ1v) is 6.95. The van der Waals surface area contributed by atoms with Crippen LogP contribution >= 0.6 is 12.2 Å². The molecule has 1 aromatic carbocycles. The molecule has 0 spiro atoms. The summed E-state index contributed by atoms with van der Waals surface area (Å²) in [5.41, 5.74) is 0.651. The molecule has 94 valence electrons. The molecule has 0 amide bonds. The van der Waals surface area contributed by atoms with Gasteiger partial charge in [-0.3, -0.25) is 0 Å². The summed E-state index contributed by atoms with van der Waals surface area (Å²) in [7, 11) is -3.65. The number of thiocarbonyl (C=S) groups is 1. The average molecular weight is 274 g/mol. The smallest absolute Gasteiger partial charge is 0.261 e. The van der Waals surface area contributed by atoms with Crippen LogP contribution in [0.15, 0.2) is 29.2 Å². The molecule has 0 aliphatic heterocycles. The fourth-order valence-electron chi connectivity index (χ4n) is 1.08. The molecule has 3 N–H and O–H groups in total. The molecular formula is C10H14N2O3S2. The Bertz CT molecular complexity index is 483. The molecule has 7 heteroatoms. The largest absolute Gasteiger partial charge is 0.471 e. The highest BCUT2D eigenvalue weighted by atomic mass is 32.2. The summed E-state index contributed by atoms with van der Waals surface area (Å²) in [5, 5.41) is 8.06. The van der Waals surface area contributed by atoms with Crippen molar-refractivity contribution in [2.24, 2.45) is 5.14 Å². The number of hydrogen-bond donors (Lipinski definition) is 2. The number of benzene rings is 1. The van der Waals surface area contributed by atoms with Crippen LogP contribution in [0, 0.1) is 0 Å². The third-order valence-electron chi connectivity index (χ3n) is 1.87. The lowest BCUT2D eigenvalue weighted by molar-refractivity contribution is 0.312. The van der Waals surface area contributed by atoms with Gasteiger partial charge in [0.15, 0.2) is 0 Å². The van der Waals surface area contributed by atoms with Crippen molar-refractivity contribution in [2.75, 3.05) is 11.9 Å². The number of sulfonamides is 1. The number of rotatable bonds is 4. The van der Waals surface area contributed by atoms with Crippen molar-refractivity contribution in [2.45, 2.75) is 18.2 Å². The molecule has 0 saturated heterocycles. The van der Waals surface area contributed by atoms with Crippen LogP contribution in [0.3, 0.4) is 0 Å². The average Bonchev–Trinajstić information content (AvgIpc) is 2.26. The topological polar surface area (TPSA) is 81.4 Å². The fourth-order valence-corrected chi connectivity index (χ4v) is 1.79. The number of nitrogens with one attached hydrogen (secondary N) is 1. The zero-order chi connectivity index (χ0) is 12.9. The Hall–Kier alpha value is -1.18. The van der Waals surface area contributed by atoms with Gasteiger partial charge in [0.05, 0.1) is 11.5 Å². The van der Waals surface area contributed by atoms with E-state index in [0.717, 1.165) is 6.42 Å². The maximum absolute atomic E-state index is 11.0. The molecule has 17 heavy (non-hydrogen) atoms. The Labute approximate surface area is 106 Å². The SMILES string of the molecule is CCCOC(=S)Nc1ccc(S(N)(=O)=O)cc1. The van der Waals surface area contributed by atoms with Crippen molar-refractivity contribution >= 4 is 33.1 Å². The number of anilines is 1. The molecule has 0 atom stereocenters. The molecule has 0 radical (unpaired) electrons. The Morgan fingerprint density at radius 3 is 2.47 bits per heavy atom. The van der Waals surface area contributed by atoms with E-state index in [1.54, 1.807) is 12.1 Å². The van der Waals surface area contributed by atoms with Crippen LogP contribution in [0.5, 0.6) is 0 Å². The Morgan fingerprint density at radius 1 is 1.41 bits per heavy atom. The third-order valence-corrected chi connectivity index (χ3v) is 3.02. The highest BCUT2D eigenvalue weighted by molar-refractivity contribution is 7.89. The van der Waals surface area contributed by atoms with E-state index in [1.807, 2.05) is 6.92 Å². The van der Waals surface area contributed by atoms with Crippen molar-refractivity contribution in [1.82, 2.24) is 0 Å². The van der Waals surface area contributed by atoms with Crippen LogP contribution in [0.2, 0.25) is 0 Å². The second-order valence-electron chi connectivity index (χ2n) is 3.33. The Kier molecular flexibility index (Phi) is 4.86. The molecule has 1 rings (SSSR count). The monoisotopic (exact) mass is 274 g/mol. The molecule has 0 aliphatic carbocycles. The minimum Gasteiger partial charge on any atom is -0.471 e. The van der Waals surface area contributed by atoms with E-state index >= 15 is 0 Å². The fraction of sp³-hybridized carbons (Fsp3) is 0.300. The van der Waals surface area contributed by atoms with Crippen molar-refractivity contribution in [3.8, 4) is 0 Å². The minimum atomic E-state index is -3.65. The molecule has 5 nitrogen and oxygen atoms in total. The minimum absolute atomic E-state index is 0.0587. The lowest BCUT2D eigenvalue weighted by Crippen LogP contribution is -2.14. The summed E-state index contributed by atoms with van der Waals surface area (Å²) in [6.45, 7) is 2.52. The van der Waals surface area contributed by atoms with Gasteiger partial charge in [0, 0.05) is 5.69 Å². The van der Waals surface area contributed by atoms with Gasteiger partial charge < -0.3 is 10.1 Å². The quantitative estimate of drug-likeness (QED) is 0.812. The number of nitrogens with two attached hydrogens (primary N) is 1. The first-order chi connectivity index (χ1) is 7.93. The standard InChI is InChI=1S/C10H14N2O3S2/c1-2-7-15-10(16)12-8-3-5-9(6-4-8)17(11,13)14/h3-6H,2,7H2,1H3,(H,12,16)(H2,11,13,14). The molecule has 0 aliphatic rings. The summed E-state index contributed by atoms with van der Waals surface area (Å²) in [6, 6.07) is 5.95. The Balaban J connectivity index is 2.66. The second kappa shape index (κ2) is 5.95. The van der Waals surface area contributed by atoms with Crippen LogP contribution in [-0.2, 0) is 14.8 Å². The molecule has 0 unspecified atom stereocenters. The summed E-state index contributed by atoms with van der Waals surface area (Å²) in [5.74, 6) is 0. The molecule has 0 bridgehead atoms. The third kappa shape index (κ3) is 4.68. The Morgan fingerprint density at radius 2 is 2.00 bits per heavy atom. The van der Waals surface area contributed by atoms with Crippen LogP contribution < -0.4 is 10.5 Å². The van der Waals surface area contributed by atoms with Crippen LogP contribution in [0.25, 0.3) is 0 Å². The zero-order valence-electron chi connectivity index (χ0n) is 9.34. The van der Waals surface area contributed by atoms with Gasteiger partial charge in [-0.15, -0.1) is 0 Å². The van der Waals surface area contributed by atoms with E-state index in [2.05, 4.69) is 5.32 Å². The maximum Gasteiger partial charge on any atom is 0.261 e. The molecular weight excluding hydrogens is 260 g/mol. The van der Waals surface area contributed by atoms with E-state index in [0.29, 0.717) is 12.3 Å².